The van der Waals surface area contributed by atoms with Crippen molar-refractivity contribution in [2.45, 2.75) is 43.9 Å². The summed E-state index contributed by atoms with van der Waals surface area (Å²) in [5.74, 6) is 5.31. The zero-order valence-corrected chi connectivity index (χ0v) is 22.6. The lowest BCUT2D eigenvalue weighted by atomic mass is 9.90. The van der Waals surface area contributed by atoms with Gasteiger partial charge in [0, 0.05) is 49.2 Å². The van der Waals surface area contributed by atoms with Crippen molar-refractivity contribution < 1.29 is 9.90 Å². The molecule has 2 unspecified atom stereocenters. The molecular weight excluding hydrogens is 498 g/mol. The summed E-state index contributed by atoms with van der Waals surface area (Å²) in [5, 5.41) is 19.9. The first-order chi connectivity index (χ1) is 19.6. The molecule has 0 bridgehead atoms. The number of benzene rings is 3. The van der Waals surface area contributed by atoms with Crippen LogP contribution in [0.15, 0.2) is 77.8 Å². The second kappa shape index (κ2) is 12.1. The Bertz CT molecular complexity index is 1430. The fourth-order valence-electron chi connectivity index (χ4n) is 5.83. The first-order valence-corrected chi connectivity index (χ1v) is 14.2. The van der Waals surface area contributed by atoms with E-state index in [0.717, 1.165) is 67.1 Å². The van der Waals surface area contributed by atoms with Crippen LogP contribution < -0.4 is 20.9 Å². The predicted octanol–water partition coefficient (Wildman–Crippen LogP) is 4.16. The normalized spacial score (nSPS) is 20.0. The number of carbonyl (C=O) groups excluding carboxylic acids is 1. The Morgan fingerprint density at radius 2 is 1.75 bits per heavy atom. The minimum absolute atomic E-state index is 0.108. The zero-order chi connectivity index (χ0) is 27.3. The molecule has 40 heavy (non-hydrogen) atoms. The van der Waals surface area contributed by atoms with E-state index in [1.165, 1.54) is 18.5 Å². The molecule has 2 aliphatic heterocycles. The number of anilines is 2. The van der Waals surface area contributed by atoms with Crippen molar-refractivity contribution in [2.75, 3.05) is 36.4 Å². The van der Waals surface area contributed by atoms with E-state index < -0.39 is 12.1 Å². The number of hydrogen-bond acceptors (Lipinski definition) is 6. The highest BCUT2D eigenvalue weighted by atomic mass is 16.3. The lowest BCUT2D eigenvalue weighted by molar-refractivity contribution is -0.115. The number of aliphatic hydroxyl groups is 1. The van der Waals surface area contributed by atoms with E-state index in [-0.39, 0.29) is 5.91 Å². The molecule has 3 aliphatic rings. The summed E-state index contributed by atoms with van der Waals surface area (Å²) in [5.41, 5.74) is 5.97. The van der Waals surface area contributed by atoms with Crippen LogP contribution >= 0.6 is 0 Å². The Kier molecular flexibility index (Phi) is 7.92. The summed E-state index contributed by atoms with van der Waals surface area (Å²) in [6, 6.07) is 24.2. The van der Waals surface area contributed by atoms with E-state index in [1.807, 2.05) is 60.7 Å². The van der Waals surface area contributed by atoms with Crippen LogP contribution in [0.4, 0.5) is 17.1 Å². The van der Waals surface area contributed by atoms with Gasteiger partial charge in [-0.3, -0.25) is 15.1 Å². The third-order valence-electron chi connectivity index (χ3n) is 7.91. The van der Waals surface area contributed by atoms with Gasteiger partial charge < -0.3 is 20.6 Å². The van der Waals surface area contributed by atoms with Crippen LogP contribution in [0.1, 0.15) is 48.3 Å². The molecule has 7 heteroatoms. The standard InChI is InChI=1S/C33H35N5O2/c39-30(35-25-8-4-5-9-25)17-11-23-10-16-28-29(22-23)37-33(40)31(28)32(24-6-2-1-3-7-24)36-26-12-14-27(15-13-26)38-20-18-34-19-21-38/h1-3,6-7,10,12-16,22,25,30-31,34-35,39H,4-5,8-9,18-21H2,(H,37,40). The molecule has 1 aliphatic carbocycles. The molecule has 7 nitrogen and oxygen atoms in total. The summed E-state index contributed by atoms with van der Waals surface area (Å²) < 4.78 is 0. The monoisotopic (exact) mass is 533 g/mol. The van der Waals surface area contributed by atoms with Gasteiger partial charge in [0.2, 0.25) is 5.91 Å². The quantitative estimate of drug-likeness (QED) is 0.217. The number of amides is 1. The molecular formula is C33H35N5O2. The second-order valence-electron chi connectivity index (χ2n) is 10.7. The molecule has 1 saturated carbocycles. The number of hydrogen-bond donors (Lipinski definition) is 4. The van der Waals surface area contributed by atoms with Gasteiger partial charge in [-0.15, -0.1) is 0 Å². The second-order valence-corrected chi connectivity index (χ2v) is 10.7. The molecule has 1 saturated heterocycles. The van der Waals surface area contributed by atoms with Gasteiger partial charge in [-0.25, -0.2) is 0 Å². The Morgan fingerprint density at radius 1 is 1.00 bits per heavy atom. The first kappa shape index (κ1) is 26.3. The molecule has 2 fully saturated rings. The molecule has 2 atom stereocenters. The van der Waals surface area contributed by atoms with Crippen LogP contribution in [-0.4, -0.2) is 55.2 Å². The van der Waals surface area contributed by atoms with Gasteiger partial charge in [-0.2, -0.15) is 0 Å². The van der Waals surface area contributed by atoms with Crippen LogP contribution in [0.5, 0.6) is 0 Å². The number of nitrogens with one attached hydrogen (secondary N) is 3. The van der Waals surface area contributed by atoms with Crippen molar-refractivity contribution in [3.63, 3.8) is 0 Å². The predicted molar refractivity (Wildman–Crippen MR) is 160 cm³/mol. The maximum atomic E-state index is 13.4. The van der Waals surface area contributed by atoms with Crippen LogP contribution in [0.3, 0.4) is 0 Å². The van der Waals surface area contributed by atoms with Crippen molar-refractivity contribution in [3.05, 3.63) is 89.5 Å². The highest BCUT2D eigenvalue weighted by molar-refractivity contribution is 6.24. The molecule has 6 rings (SSSR count). The average Bonchev–Trinajstić information content (AvgIpc) is 3.62. The highest BCUT2D eigenvalue weighted by Crippen LogP contribution is 2.37. The Balaban J connectivity index is 1.27. The maximum Gasteiger partial charge on any atom is 0.238 e. The largest absolute Gasteiger partial charge is 0.369 e. The molecule has 3 aromatic carbocycles. The topological polar surface area (TPSA) is 89.0 Å². The summed E-state index contributed by atoms with van der Waals surface area (Å²) in [4.78, 5) is 20.8. The van der Waals surface area contributed by atoms with Crippen molar-refractivity contribution in [2.24, 2.45) is 4.99 Å². The van der Waals surface area contributed by atoms with Crippen LogP contribution in [0, 0.1) is 11.8 Å². The van der Waals surface area contributed by atoms with E-state index in [4.69, 9.17) is 4.99 Å². The van der Waals surface area contributed by atoms with Gasteiger partial charge in [0.25, 0.3) is 0 Å². The first-order valence-electron chi connectivity index (χ1n) is 14.2. The van der Waals surface area contributed by atoms with E-state index in [9.17, 15) is 9.90 Å². The number of carbonyl (C=O) groups is 1. The molecule has 204 valence electrons. The number of fused-ring (bicyclic) bond motifs is 1. The summed E-state index contributed by atoms with van der Waals surface area (Å²) in [7, 11) is 0. The molecule has 4 N–H and O–H groups in total. The molecule has 3 aromatic rings. The lowest BCUT2D eigenvalue weighted by Gasteiger charge is -2.29. The SMILES string of the molecule is O=C1Nc2cc(C#CC(O)NC3CCCC3)ccc2C1C(=Nc1ccc(N2CCNCC2)cc1)c1ccccc1. The maximum absolute atomic E-state index is 13.4. The van der Waals surface area contributed by atoms with E-state index >= 15 is 0 Å². The average molecular weight is 534 g/mol. The Morgan fingerprint density at radius 3 is 2.50 bits per heavy atom. The van der Waals surface area contributed by atoms with Crippen LogP contribution in [0.25, 0.3) is 0 Å². The van der Waals surface area contributed by atoms with Gasteiger partial charge in [0.15, 0.2) is 6.23 Å². The van der Waals surface area contributed by atoms with Gasteiger partial charge in [0.1, 0.15) is 5.92 Å². The number of nitrogens with zero attached hydrogens (tertiary/aromatic N) is 2. The summed E-state index contributed by atoms with van der Waals surface area (Å²) in [6.07, 6.45) is 3.68. The summed E-state index contributed by atoms with van der Waals surface area (Å²) >= 11 is 0. The van der Waals surface area contributed by atoms with Gasteiger partial charge >= 0.3 is 0 Å². The number of piperazine rings is 1. The summed E-state index contributed by atoms with van der Waals surface area (Å²) in [6.45, 7) is 3.94. The van der Waals surface area contributed by atoms with E-state index in [0.29, 0.717) is 11.8 Å². The van der Waals surface area contributed by atoms with Crippen LogP contribution in [0.2, 0.25) is 0 Å². The third-order valence-corrected chi connectivity index (χ3v) is 7.91. The van der Waals surface area contributed by atoms with Gasteiger partial charge in [-0.1, -0.05) is 55.2 Å². The van der Waals surface area contributed by atoms with Crippen LogP contribution in [-0.2, 0) is 4.79 Å². The fourth-order valence-corrected chi connectivity index (χ4v) is 5.83. The minimum atomic E-state index is -0.867. The molecule has 0 aromatic heterocycles. The highest BCUT2D eigenvalue weighted by Gasteiger charge is 2.35. The van der Waals surface area contributed by atoms with Gasteiger partial charge in [-0.05, 0) is 66.3 Å². The lowest BCUT2D eigenvalue weighted by Crippen LogP contribution is -2.43. The van der Waals surface area contributed by atoms with E-state index in [1.54, 1.807) is 0 Å². The van der Waals surface area contributed by atoms with Crippen molar-refractivity contribution >= 4 is 28.7 Å². The Labute approximate surface area is 235 Å². The van der Waals surface area contributed by atoms with Gasteiger partial charge in [0.05, 0.1) is 11.4 Å². The molecule has 1 amide bonds. The number of aliphatic hydroxyl groups excluding tert-OH is 1. The zero-order valence-electron chi connectivity index (χ0n) is 22.6. The number of aliphatic imine (C=N–C) groups is 1. The molecule has 2 heterocycles. The third kappa shape index (κ3) is 5.95. The molecule has 0 spiro atoms. The van der Waals surface area contributed by atoms with Crippen molar-refractivity contribution in [1.29, 1.82) is 0 Å². The minimum Gasteiger partial charge on any atom is -0.369 e. The smallest absolute Gasteiger partial charge is 0.238 e. The van der Waals surface area contributed by atoms with Crippen molar-refractivity contribution in [3.8, 4) is 11.8 Å². The van der Waals surface area contributed by atoms with E-state index in [2.05, 4.69) is 44.8 Å². The Hall–Kier alpha value is -3.96. The van der Waals surface area contributed by atoms with Crippen molar-refractivity contribution in [1.82, 2.24) is 10.6 Å². The fraction of sp³-hybridized carbons (Fsp3) is 0.333. The molecule has 0 radical (unpaired) electrons. The number of rotatable bonds is 6.